The normalized spacial score (nSPS) is 5.78. The Balaban J connectivity index is -0.0000000720. The molecule has 0 unspecified atom stereocenters. The fourth-order valence-corrected chi connectivity index (χ4v) is 0. The maximum absolute atomic E-state index is 8.70. The van der Waals surface area contributed by atoms with Crippen molar-refractivity contribution < 1.29 is 28.7 Å². The number of hydrogen-bond donors (Lipinski definition) is 4. The van der Waals surface area contributed by atoms with Gasteiger partial charge in [-0.15, -0.1) is 19.6 Å². The molecule has 4 N–H and O–H groups in total. The molecule has 0 aromatic heterocycles. The molecule has 56 valence electrons. The Morgan fingerprint density at radius 2 is 0.778 bits per heavy atom. The molecule has 0 atom stereocenters. The summed E-state index contributed by atoms with van der Waals surface area (Å²) in [5.41, 5.74) is 0. The average Bonchev–Trinajstić information content (AvgIpc) is 1.25. The van der Waals surface area contributed by atoms with Crippen LogP contribution < -0.4 is 0 Å². The van der Waals surface area contributed by atoms with Crippen LogP contribution in [-0.2, 0) is 9.13 Å². The third-order valence-electron chi connectivity index (χ3n) is 0. The quantitative estimate of drug-likeness (QED) is 0.290. The van der Waals surface area contributed by atoms with Crippen LogP contribution in [-0.4, -0.2) is 45.8 Å². The third-order valence-corrected chi connectivity index (χ3v) is 0. The second-order valence-electron chi connectivity index (χ2n) is 0.505. The molecule has 0 aromatic carbocycles. The summed E-state index contributed by atoms with van der Waals surface area (Å²) >= 11 is 0. The van der Waals surface area contributed by atoms with Crippen molar-refractivity contribution in [2.45, 2.75) is 0 Å². The summed E-state index contributed by atoms with van der Waals surface area (Å²) in [5, 5.41) is 0. The monoisotopic (exact) mass is 374 g/mol. The van der Waals surface area contributed by atoms with Gasteiger partial charge in [0, 0.05) is 9.13 Å². The van der Waals surface area contributed by atoms with Crippen LogP contribution in [0.2, 0.25) is 0 Å². The van der Waals surface area contributed by atoms with Crippen LogP contribution >= 0.6 is 16.5 Å². The van der Waals surface area contributed by atoms with Crippen molar-refractivity contribution >= 4 is 42.7 Å². The van der Waals surface area contributed by atoms with Crippen LogP contribution in [0.4, 0.5) is 0 Å². The maximum atomic E-state index is 8.70. The van der Waals surface area contributed by atoms with E-state index >= 15 is 0 Å². The molecule has 0 aliphatic heterocycles. The van der Waals surface area contributed by atoms with Gasteiger partial charge in [-0.1, -0.05) is 0 Å². The van der Waals surface area contributed by atoms with Gasteiger partial charge >= 0.3 is 42.7 Å². The average molecular weight is 374 g/mol. The Morgan fingerprint density at radius 1 is 0.778 bits per heavy atom. The van der Waals surface area contributed by atoms with Gasteiger partial charge in [0.15, 0.2) is 0 Å². The third kappa shape index (κ3) is 502. The van der Waals surface area contributed by atoms with Crippen molar-refractivity contribution in [3.8, 4) is 0 Å². The summed E-state index contributed by atoms with van der Waals surface area (Å²) < 4.78 is 17.4. The molecule has 0 radical (unpaired) electrons. The SMILES string of the molecule is O=[P+](O)O.O=[P+](O)O.[BiH3]. The summed E-state index contributed by atoms with van der Waals surface area (Å²) in [6.45, 7) is 0. The molecule has 0 aliphatic carbocycles. The Labute approximate surface area is 71.6 Å². The summed E-state index contributed by atoms with van der Waals surface area (Å²) in [6, 6.07) is 0. The first-order chi connectivity index (χ1) is 3.46. The first-order valence-corrected chi connectivity index (χ1v) is 3.50. The van der Waals surface area contributed by atoms with Crippen LogP contribution in [0, 0.1) is 0 Å². The fraction of sp³-hybridized carbons (Fsp3) is 0. The van der Waals surface area contributed by atoms with Gasteiger partial charge in [-0.2, -0.15) is 0 Å². The van der Waals surface area contributed by atoms with Gasteiger partial charge in [-0.05, 0) is 0 Å². The van der Waals surface area contributed by atoms with Crippen molar-refractivity contribution in [3.63, 3.8) is 0 Å². The van der Waals surface area contributed by atoms with Gasteiger partial charge in [0.1, 0.15) is 0 Å². The predicted octanol–water partition coefficient (Wildman–Crippen LogP) is -1.93. The van der Waals surface area contributed by atoms with Gasteiger partial charge in [-0.3, -0.25) is 0 Å². The summed E-state index contributed by atoms with van der Waals surface area (Å²) in [6.07, 6.45) is 0. The molecular weight excluding hydrogens is 367 g/mol. The molecule has 6 nitrogen and oxygen atoms in total. The van der Waals surface area contributed by atoms with Crippen LogP contribution in [0.15, 0.2) is 0 Å². The van der Waals surface area contributed by atoms with E-state index in [1.165, 1.54) is 0 Å². The molecule has 0 rings (SSSR count). The topological polar surface area (TPSA) is 115 Å². The Bertz CT molecular complexity index is 69.1. The van der Waals surface area contributed by atoms with E-state index in [4.69, 9.17) is 28.7 Å². The van der Waals surface area contributed by atoms with E-state index in [0.29, 0.717) is 0 Å². The van der Waals surface area contributed by atoms with E-state index in [1.54, 1.807) is 0 Å². The van der Waals surface area contributed by atoms with Crippen molar-refractivity contribution in [1.29, 1.82) is 0 Å². The molecule has 0 aliphatic rings. The molecule has 9 heavy (non-hydrogen) atoms. The zero-order valence-corrected chi connectivity index (χ0v) is 11.5. The molecule has 0 saturated carbocycles. The minimum atomic E-state index is -2.87. The standard InChI is InChI=1S/Bi.2HO3P.3H/c;2*1-4(2)3;;;/h;2*(H-,1,2,3);;;/p+2. The Hall–Kier alpha value is 0.923. The van der Waals surface area contributed by atoms with Crippen molar-refractivity contribution in [2.75, 3.05) is 0 Å². The summed E-state index contributed by atoms with van der Waals surface area (Å²) in [7, 11) is -5.74. The molecule has 0 aromatic rings. The first-order valence-electron chi connectivity index (χ1n) is 1.17. The Morgan fingerprint density at radius 3 is 0.778 bits per heavy atom. The van der Waals surface area contributed by atoms with Crippen molar-refractivity contribution in [2.24, 2.45) is 0 Å². The molecule has 0 saturated heterocycles. The molecule has 0 amide bonds. The molecule has 0 heterocycles. The fourth-order valence-electron chi connectivity index (χ4n) is 0. The van der Waals surface area contributed by atoms with Gasteiger partial charge in [0.25, 0.3) is 0 Å². The molecule has 0 bridgehead atoms. The first kappa shape index (κ1) is 16.5. The van der Waals surface area contributed by atoms with Crippen LogP contribution in [0.5, 0.6) is 0 Å². The molecule has 9 heteroatoms. The van der Waals surface area contributed by atoms with E-state index in [9.17, 15) is 0 Å². The van der Waals surface area contributed by atoms with Crippen molar-refractivity contribution in [3.05, 3.63) is 0 Å². The summed E-state index contributed by atoms with van der Waals surface area (Å²) in [4.78, 5) is 28.5. The predicted molar refractivity (Wildman–Crippen MR) is 34.0 cm³/mol. The van der Waals surface area contributed by atoms with Gasteiger partial charge < -0.3 is 0 Å². The van der Waals surface area contributed by atoms with Crippen LogP contribution in [0.25, 0.3) is 0 Å². The van der Waals surface area contributed by atoms with E-state index < -0.39 is 16.5 Å². The van der Waals surface area contributed by atoms with E-state index in [0.717, 1.165) is 0 Å². The second kappa shape index (κ2) is 11.7. The zero-order valence-electron chi connectivity index (χ0n) is 4.21. The molecule has 0 fully saturated rings. The molecular formula is H7BiO6P2+2. The second-order valence-corrected chi connectivity index (χ2v) is 1.52. The molecule has 0 spiro atoms. The van der Waals surface area contributed by atoms with Crippen LogP contribution in [0.3, 0.4) is 0 Å². The van der Waals surface area contributed by atoms with Gasteiger partial charge in [0.05, 0.1) is 0 Å². The van der Waals surface area contributed by atoms with Crippen molar-refractivity contribution in [1.82, 2.24) is 0 Å². The van der Waals surface area contributed by atoms with Crippen LogP contribution in [0.1, 0.15) is 0 Å². The van der Waals surface area contributed by atoms with E-state index in [1.807, 2.05) is 0 Å². The Kier molecular flexibility index (Phi) is 21.4. The summed E-state index contributed by atoms with van der Waals surface area (Å²) in [5.74, 6) is 0. The zero-order chi connectivity index (χ0) is 7.15. The van der Waals surface area contributed by atoms with Gasteiger partial charge in [0.2, 0.25) is 0 Å². The van der Waals surface area contributed by atoms with E-state index in [2.05, 4.69) is 0 Å². The van der Waals surface area contributed by atoms with Gasteiger partial charge in [-0.25, -0.2) is 0 Å². The minimum absolute atomic E-state index is 0. The van der Waals surface area contributed by atoms with E-state index in [-0.39, 0.29) is 26.2 Å². The number of rotatable bonds is 0. The number of hydrogen-bond acceptors (Lipinski definition) is 2.